The Bertz CT molecular complexity index is 827. The lowest BCUT2D eigenvalue weighted by molar-refractivity contribution is 0.0171. The van der Waals surface area contributed by atoms with Crippen molar-refractivity contribution >= 4 is 29.1 Å². The van der Waals surface area contributed by atoms with Gasteiger partial charge in [0.15, 0.2) is 0 Å². The maximum Gasteiger partial charge on any atom is 0.410 e. The summed E-state index contributed by atoms with van der Waals surface area (Å²) in [6.45, 7) is 18.6. The van der Waals surface area contributed by atoms with Gasteiger partial charge in [0.05, 0.1) is 6.04 Å². The van der Waals surface area contributed by atoms with Gasteiger partial charge in [-0.1, -0.05) is 24.3 Å². The smallest absolute Gasteiger partial charge is 0.410 e. The van der Waals surface area contributed by atoms with Gasteiger partial charge < -0.3 is 18.9 Å². The highest BCUT2D eigenvalue weighted by Gasteiger charge is 2.38. The van der Waals surface area contributed by atoms with Gasteiger partial charge >= 0.3 is 6.09 Å². The van der Waals surface area contributed by atoms with Gasteiger partial charge in [0.2, 0.25) is 0 Å². The second-order valence-electron chi connectivity index (χ2n) is 10.5. The molecule has 1 fully saturated rings. The number of halogens is 1. The topological polar surface area (TPSA) is 73.9 Å². The maximum absolute atomic E-state index is 13.1. The summed E-state index contributed by atoms with van der Waals surface area (Å²) in [4.78, 5) is 14.3. The number of piperidine rings is 1. The highest BCUT2D eigenvalue weighted by Crippen LogP contribution is 2.39. The second kappa shape index (κ2) is 11.3. The van der Waals surface area contributed by atoms with E-state index in [1.165, 1.54) is 0 Å². The standard InChI is InChI=1S/C25H39ClN2O4S/c1-9-14-31-21-16-20(26)17(2)15-19(21)22(27-33(30)25(6,7)8)18-10-12-28(13-11-18)23(29)32-24(3,4)5/h9,15-16,18,22,27H,1,10-14H2,2-8H3/t22?,33-/m0/s1. The molecule has 0 spiro atoms. The van der Waals surface area contributed by atoms with E-state index in [1.807, 2.05) is 60.6 Å². The van der Waals surface area contributed by atoms with Crippen molar-refractivity contribution in [1.29, 1.82) is 0 Å². The fourth-order valence-corrected chi connectivity index (χ4v) is 4.71. The molecular weight excluding hydrogens is 460 g/mol. The van der Waals surface area contributed by atoms with Crippen molar-refractivity contribution < 1.29 is 18.8 Å². The molecule has 1 N–H and O–H groups in total. The van der Waals surface area contributed by atoms with Crippen molar-refractivity contribution in [3.05, 3.63) is 40.9 Å². The molecule has 1 aliphatic heterocycles. The minimum Gasteiger partial charge on any atom is -0.598 e. The number of carbonyl (C=O) groups excluding carboxylic acids is 1. The normalized spacial score (nSPS) is 17.4. The molecule has 0 radical (unpaired) electrons. The van der Waals surface area contributed by atoms with Crippen molar-refractivity contribution in [2.75, 3.05) is 19.7 Å². The van der Waals surface area contributed by atoms with Crippen LogP contribution in [0.25, 0.3) is 0 Å². The Kier molecular flexibility index (Phi) is 9.57. The molecule has 1 heterocycles. The van der Waals surface area contributed by atoms with Crippen LogP contribution in [0.4, 0.5) is 4.79 Å². The number of likely N-dealkylation sites (tertiary alicyclic amines) is 1. The first-order valence-corrected chi connectivity index (χ1v) is 13.0. The SMILES string of the molecule is C=CCOc1cc(Cl)c(C)cc1C(N[S@@+]([O-])C(C)(C)C)C1CCN(C(=O)OC(C)(C)C)CC1. The van der Waals surface area contributed by atoms with Crippen LogP contribution in [-0.4, -0.2) is 45.6 Å². The van der Waals surface area contributed by atoms with E-state index in [-0.39, 0.29) is 18.1 Å². The fourth-order valence-electron chi connectivity index (χ4n) is 3.65. The van der Waals surface area contributed by atoms with Gasteiger partial charge in [-0.3, -0.25) is 0 Å². The van der Waals surface area contributed by atoms with Crippen LogP contribution in [0.15, 0.2) is 24.8 Å². The third-order valence-electron chi connectivity index (χ3n) is 5.44. The predicted octanol–water partition coefficient (Wildman–Crippen LogP) is 5.95. The summed E-state index contributed by atoms with van der Waals surface area (Å²) in [7, 11) is 0. The van der Waals surface area contributed by atoms with Gasteiger partial charge in [-0.05, 0) is 84.9 Å². The number of hydrogen-bond acceptors (Lipinski definition) is 5. The molecule has 1 aromatic carbocycles. The van der Waals surface area contributed by atoms with E-state index in [0.29, 0.717) is 30.5 Å². The average molecular weight is 499 g/mol. The average Bonchev–Trinajstić information content (AvgIpc) is 2.70. The molecule has 6 nitrogen and oxygen atoms in total. The number of nitrogens with one attached hydrogen (secondary N) is 1. The number of nitrogens with zero attached hydrogens (tertiary/aromatic N) is 1. The molecule has 0 aliphatic carbocycles. The Hall–Kier alpha value is -1.41. The first-order valence-electron chi connectivity index (χ1n) is 11.4. The molecule has 1 aliphatic rings. The number of hydrogen-bond donors (Lipinski definition) is 1. The van der Waals surface area contributed by atoms with Crippen molar-refractivity contribution in [2.45, 2.75) is 77.7 Å². The number of amides is 1. The molecule has 1 unspecified atom stereocenters. The molecule has 33 heavy (non-hydrogen) atoms. The zero-order chi connectivity index (χ0) is 25.0. The number of carbonyl (C=O) groups is 1. The minimum absolute atomic E-state index is 0.154. The van der Waals surface area contributed by atoms with Crippen LogP contribution in [0.2, 0.25) is 5.02 Å². The molecule has 2 rings (SSSR count). The van der Waals surface area contributed by atoms with Gasteiger partial charge in [0.25, 0.3) is 0 Å². The quantitative estimate of drug-likeness (QED) is 0.371. The Morgan fingerprint density at radius 2 is 1.91 bits per heavy atom. The second-order valence-corrected chi connectivity index (χ2v) is 12.9. The predicted molar refractivity (Wildman–Crippen MR) is 136 cm³/mol. The zero-order valence-corrected chi connectivity index (χ0v) is 22.6. The van der Waals surface area contributed by atoms with E-state index in [0.717, 1.165) is 24.0 Å². The van der Waals surface area contributed by atoms with E-state index in [4.69, 9.17) is 21.1 Å². The highest BCUT2D eigenvalue weighted by molar-refractivity contribution is 7.90. The van der Waals surface area contributed by atoms with E-state index in [9.17, 15) is 9.35 Å². The van der Waals surface area contributed by atoms with Gasteiger partial charge in [0, 0.05) is 35.0 Å². The lowest BCUT2D eigenvalue weighted by Crippen LogP contribution is -2.47. The van der Waals surface area contributed by atoms with Gasteiger partial charge in [-0.2, -0.15) is 0 Å². The number of aryl methyl sites for hydroxylation is 1. The number of rotatable bonds is 7. The Labute approximate surface area is 207 Å². The lowest BCUT2D eigenvalue weighted by atomic mass is 9.85. The molecule has 2 atom stereocenters. The summed E-state index contributed by atoms with van der Waals surface area (Å²) >= 11 is 5.11. The minimum atomic E-state index is -1.29. The highest BCUT2D eigenvalue weighted by atomic mass is 35.5. The fraction of sp³-hybridized carbons (Fsp3) is 0.640. The third kappa shape index (κ3) is 8.09. The Morgan fingerprint density at radius 1 is 1.30 bits per heavy atom. The van der Waals surface area contributed by atoms with Crippen molar-refractivity contribution in [1.82, 2.24) is 9.62 Å². The van der Waals surface area contributed by atoms with Crippen molar-refractivity contribution in [3.63, 3.8) is 0 Å². The van der Waals surface area contributed by atoms with Crippen LogP contribution in [0.3, 0.4) is 0 Å². The molecule has 0 saturated carbocycles. The summed E-state index contributed by atoms with van der Waals surface area (Å²) in [6, 6.07) is 3.61. The van der Waals surface area contributed by atoms with Crippen LogP contribution < -0.4 is 9.46 Å². The van der Waals surface area contributed by atoms with E-state index in [1.54, 1.807) is 11.0 Å². The van der Waals surface area contributed by atoms with Crippen LogP contribution in [0, 0.1) is 12.8 Å². The van der Waals surface area contributed by atoms with Crippen molar-refractivity contribution in [3.8, 4) is 5.75 Å². The molecule has 8 heteroatoms. The summed E-state index contributed by atoms with van der Waals surface area (Å²) in [5, 5.41) is 0.619. The molecule has 0 bridgehead atoms. The largest absolute Gasteiger partial charge is 0.598 e. The van der Waals surface area contributed by atoms with Gasteiger partial charge in [-0.15, -0.1) is 4.72 Å². The summed E-state index contributed by atoms with van der Waals surface area (Å²) in [6.07, 6.45) is 2.90. The first-order chi connectivity index (χ1) is 15.2. The number of benzene rings is 1. The summed E-state index contributed by atoms with van der Waals surface area (Å²) in [5.74, 6) is 0.810. The monoisotopic (exact) mass is 498 g/mol. The Balaban J connectivity index is 2.32. The molecule has 1 aromatic rings. The zero-order valence-electron chi connectivity index (χ0n) is 21.0. The Morgan fingerprint density at radius 3 is 2.42 bits per heavy atom. The van der Waals surface area contributed by atoms with Crippen LogP contribution >= 0.6 is 11.6 Å². The van der Waals surface area contributed by atoms with Crippen LogP contribution in [-0.2, 0) is 16.1 Å². The van der Waals surface area contributed by atoms with Crippen molar-refractivity contribution in [2.24, 2.45) is 5.92 Å². The van der Waals surface area contributed by atoms with E-state index >= 15 is 0 Å². The van der Waals surface area contributed by atoms with Crippen LogP contribution in [0.5, 0.6) is 5.75 Å². The third-order valence-corrected chi connectivity index (χ3v) is 7.42. The molecular formula is C25H39ClN2O4S. The van der Waals surface area contributed by atoms with Gasteiger partial charge in [0.1, 0.15) is 22.7 Å². The molecule has 186 valence electrons. The maximum atomic E-state index is 13.1. The van der Waals surface area contributed by atoms with E-state index in [2.05, 4.69) is 11.3 Å². The van der Waals surface area contributed by atoms with E-state index < -0.39 is 21.7 Å². The summed E-state index contributed by atoms with van der Waals surface area (Å²) in [5.41, 5.74) is 1.32. The summed E-state index contributed by atoms with van der Waals surface area (Å²) < 4.78 is 27.6. The molecule has 1 amide bonds. The van der Waals surface area contributed by atoms with Crippen LogP contribution in [0.1, 0.15) is 71.6 Å². The molecule has 1 saturated heterocycles. The first kappa shape index (κ1) is 27.8. The van der Waals surface area contributed by atoms with Gasteiger partial charge in [-0.25, -0.2) is 4.79 Å². The number of ether oxygens (including phenoxy) is 2. The molecule has 0 aromatic heterocycles. The lowest BCUT2D eigenvalue weighted by Gasteiger charge is -2.38.